The zero-order valence-electron chi connectivity index (χ0n) is 11.1. The van der Waals surface area contributed by atoms with Crippen molar-refractivity contribution in [3.8, 4) is 0 Å². The van der Waals surface area contributed by atoms with E-state index in [-0.39, 0.29) is 5.78 Å². The molecular formula is C16H19NOS. The lowest BCUT2D eigenvalue weighted by atomic mass is 9.89. The van der Waals surface area contributed by atoms with E-state index in [2.05, 4.69) is 17.9 Å². The van der Waals surface area contributed by atoms with Crippen LogP contribution in [0.25, 0.3) is 0 Å². The molecule has 1 aromatic rings. The molecule has 2 nitrogen and oxygen atoms in total. The second-order valence-corrected chi connectivity index (χ2v) is 5.21. The molecule has 19 heavy (non-hydrogen) atoms. The van der Waals surface area contributed by atoms with E-state index < -0.39 is 0 Å². The highest BCUT2D eigenvalue weighted by Crippen LogP contribution is 2.33. The largest absolute Gasteiger partial charge is 0.393 e. The molecule has 0 fully saturated rings. The monoisotopic (exact) mass is 273 g/mol. The van der Waals surface area contributed by atoms with Gasteiger partial charge in [-0.2, -0.15) is 0 Å². The van der Waals surface area contributed by atoms with Crippen molar-refractivity contribution in [1.29, 1.82) is 0 Å². The van der Waals surface area contributed by atoms with Gasteiger partial charge in [0.05, 0.1) is 0 Å². The zero-order chi connectivity index (χ0) is 13.7. The number of nitrogens with one attached hydrogen (secondary N) is 1. The molecule has 0 amide bonds. The summed E-state index contributed by atoms with van der Waals surface area (Å²) >= 11 is 4.55. The molecule has 0 spiro atoms. The lowest BCUT2D eigenvalue weighted by molar-refractivity contribution is 0.103. The van der Waals surface area contributed by atoms with E-state index in [0.29, 0.717) is 0 Å². The first-order valence-corrected chi connectivity index (χ1v) is 7.07. The number of rotatable bonds is 4. The third-order valence-electron chi connectivity index (χ3n) is 3.33. The standard InChI is InChI=1S/C16H19NOS/c1-17-11-14(13-9-5-6-10-15(13)19)16(18)12-7-3-2-4-8-12/h2-4,7-8,11,17,19H,5-6,9-10H2,1H3/b14-11-. The number of allylic oxidation sites excluding steroid dienone is 3. The Morgan fingerprint density at radius 3 is 2.53 bits per heavy atom. The van der Waals surface area contributed by atoms with Crippen LogP contribution in [0.5, 0.6) is 0 Å². The molecule has 1 aliphatic carbocycles. The third-order valence-corrected chi connectivity index (χ3v) is 3.83. The van der Waals surface area contributed by atoms with Gasteiger partial charge in [-0.3, -0.25) is 4.79 Å². The van der Waals surface area contributed by atoms with Crippen molar-refractivity contribution in [3.63, 3.8) is 0 Å². The number of ketones is 1. The molecule has 0 heterocycles. The van der Waals surface area contributed by atoms with Crippen LogP contribution in [0.15, 0.2) is 52.6 Å². The SMILES string of the molecule is CN/C=C(\C(=O)c1ccccc1)C1=C(S)CCCC1. The molecule has 0 saturated carbocycles. The zero-order valence-corrected chi connectivity index (χ0v) is 12.0. The number of thiol groups is 1. The van der Waals surface area contributed by atoms with Crippen LogP contribution in [0.3, 0.4) is 0 Å². The summed E-state index contributed by atoms with van der Waals surface area (Å²) in [6, 6.07) is 9.41. The summed E-state index contributed by atoms with van der Waals surface area (Å²) in [7, 11) is 1.82. The Balaban J connectivity index is 2.37. The van der Waals surface area contributed by atoms with Crippen molar-refractivity contribution >= 4 is 18.4 Å². The van der Waals surface area contributed by atoms with Gasteiger partial charge >= 0.3 is 0 Å². The summed E-state index contributed by atoms with van der Waals surface area (Å²) in [6.45, 7) is 0. The fourth-order valence-electron chi connectivity index (χ4n) is 2.36. The van der Waals surface area contributed by atoms with Crippen molar-refractivity contribution in [2.75, 3.05) is 7.05 Å². The average Bonchev–Trinajstić information content (AvgIpc) is 2.46. The van der Waals surface area contributed by atoms with Gasteiger partial charge in [-0.05, 0) is 36.2 Å². The molecule has 1 aliphatic rings. The van der Waals surface area contributed by atoms with Crippen molar-refractivity contribution in [3.05, 3.63) is 58.1 Å². The summed E-state index contributed by atoms with van der Waals surface area (Å²) in [4.78, 5) is 13.7. The first-order chi connectivity index (χ1) is 9.24. The Kier molecular flexibility index (Phi) is 4.86. The molecule has 0 aromatic heterocycles. The van der Waals surface area contributed by atoms with E-state index in [0.717, 1.165) is 47.3 Å². The molecule has 1 N–H and O–H groups in total. The molecule has 0 bridgehead atoms. The summed E-state index contributed by atoms with van der Waals surface area (Å²) in [6.07, 6.45) is 6.00. The number of carbonyl (C=O) groups excluding carboxylic acids is 1. The van der Waals surface area contributed by atoms with Gasteiger partial charge in [0.1, 0.15) is 0 Å². The highest BCUT2D eigenvalue weighted by atomic mass is 32.1. The average molecular weight is 273 g/mol. The third kappa shape index (κ3) is 3.29. The van der Waals surface area contributed by atoms with Crippen molar-refractivity contribution in [2.24, 2.45) is 0 Å². The highest BCUT2D eigenvalue weighted by Gasteiger charge is 2.20. The van der Waals surface area contributed by atoms with Crippen LogP contribution in [-0.4, -0.2) is 12.8 Å². The summed E-state index contributed by atoms with van der Waals surface area (Å²) in [5.74, 6) is 0.0680. The highest BCUT2D eigenvalue weighted by molar-refractivity contribution is 7.84. The first kappa shape index (κ1) is 13.9. The van der Waals surface area contributed by atoms with Crippen LogP contribution in [0.1, 0.15) is 36.0 Å². The number of Topliss-reactive ketones (excluding diaryl/α,β-unsaturated/α-hetero) is 1. The Hall–Kier alpha value is -1.48. The Morgan fingerprint density at radius 1 is 1.21 bits per heavy atom. The minimum Gasteiger partial charge on any atom is -0.393 e. The maximum atomic E-state index is 12.6. The molecule has 0 saturated heterocycles. The van der Waals surface area contributed by atoms with Crippen LogP contribution in [0, 0.1) is 0 Å². The van der Waals surface area contributed by atoms with E-state index in [4.69, 9.17) is 0 Å². The Bertz CT molecular complexity index is 517. The minimum atomic E-state index is 0.0680. The minimum absolute atomic E-state index is 0.0680. The van der Waals surface area contributed by atoms with Crippen LogP contribution in [0.4, 0.5) is 0 Å². The first-order valence-electron chi connectivity index (χ1n) is 6.62. The second-order valence-electron chi connectivity index (χ2n) is 4.67. The predicted molar refractivity (Wildman–Crippen MR) is 82.4 cm³/mol. The number of hydrogen-bond acceptors (Lipinski definition) is 3. The number of carbonyl (C=O) groups is 1. The van der Waals surface area contributed by atoms with Crippen LogP contribution in [-0.2, 0) is 0 Å². The van der Waals surface area contributed by atoms with Crippen molar-refractivity contribution in [1.82, 2.24) is 5.32 Å². The van der Waals surface area contributed by atoms with Gasteiger partial charge in [0, 0.05) is 24.4 Å². The fraction of sp³-hybridized carbons (Fsp3) is 0.312. The lowest BCUT2D eigenvalue weighted by Crippen LogP contribution is -2.12. The topological polar surface area (TPSA) is 29.1 Å². The van der Waals surface area contributed by atoms with E-state index >= 15 is 0 Å². The van der Waals surface area contributed by atoms with E-state index in [1.54, 1.807) is 6.20 Å². The molecule has 3 heteroatoms. The summed E-state index contributed by atoms with van der Waals surface area (Å²) < 4.78 is 0. The van der Waals surface area contributed by atoms with Crippen molar-refractivity contribution < 1.29 is 4.79 Å². The van der Waals surface area contributed by atoms with Gasteiger partial charge in [0.15, 0.2) is 5.78 Å². The Labute approximate surface area is 120 Å². The molecule has 0 radical (unpaired) electrons. The van der Waals surface area contributed by atoms with Crippen LogP contribution >= 0.6 is 12.6 Å². The smallest absolute Gasteiger partial charge is 0.194 e. The molecule has 0 aliphatic heterocycles. The van der Waals surface area contributed by atoms with Gasteiger partial charge in [-0.15, -0.1) is 12.6 Å². The van der Waals surface area contributed by atoms with E-state index in [1.807, 2.05) is 37.4 Å². The molecule has 0 atom stereocenters. The number of benzene rings is 1. The lowest BCUT2D eigenvalue weighted by Gasteiger charge is -2.19. The maximum Gasteiger partial charge on any atom is 0.194 e. The molecular weight excluding hydrogens is 254 g/mol. The van der Waals surface area contributed by atoms with Gasteiger partial charge in [0.2, 0.25) is 0 Å². The van der Waals surface area contributed by atoms with Gasteiger partial charge < -0.3 is 5.32 Å². The normalized spacial score (nSPS) is 16.4. The van der Waals surface area contributed by atoms with Crippen LogP contribution in [0.2, 0.25) is 0 Å². The second kappa shape index (κ2) is 6.62. The summed E-state index contributed by atoms with van der Waals surface area (Å²) in [5.41, 5.74) is 2.57. The van der Waals surface area contributed by atoms with Gasteiger partial charge in [-0.25, -0.2) is 0 Å². The predicted octanol–water partition coefficient (Wildman–Crippen LogP) is 3.73. The molecule has 1 aromatic carbocycles. The summed E-state index contributed by atoms with van der Waals surface area (Å²) in [5, 5.41) is 2.99. The Morgan fingerprint density at radius 2 is 1.89 bits per heavy atom. The quantitative estimate of drug-likeness (QED) is 0.497. The molecule has 0 unspecified atom stereocenters. The molecule has 2 rings (SSSR count). The maximum absolute atomic E-state index is 12.6. The number of hydrogen-bond donors (Lipinski definition) is 2. The molecule has 100 valence electrons. The van der Waals surface area contributed by atoms with Crippen LogP contribution < -0.4 is 5.32 Å². The fourth-order valence-corrected chi connectivity index (χ4v) is 2.75. The van der Waals surface area contributed by atoms with E-state index in [1.165, 1.54) is 0 Å². The van der Waals surface area contributed by atoms with E-state index in [9.17, 15) is 4.79 Å². The van der Waals surface area contributed by atoms with Gasteiger partial charge in [0.25, 0.3) is 0 Å². The van der Waals surface area contributed by atoms with Gasteiger partial charge in [-0.1, -0.05) is 30.3 Å². The van der Waals surface area contributed by atoms with Crippen molar-refractivity contribution in [2.45, 2.75) is 25.7 Å².